The van der Waals surface area contributed by atoms with Crippen LogP contribution in [0.2, 0.25) is 0 Å². The summed E-state index contributed by atoms with van der Waals surface area (Å²) in [6.45, 7) is 0. The van der Waals surface area contributed by atoms with Crippen molar-refractivity contribution < 1.29 is 13.6 Å². The predicted molar refractivity (Wildman–Crippen MR) is 60.7 cm³/mol. The molecule has 0 amide bonds. The maximum atomic E-state index is 13.7. The summed E-state index contributed by atoms with van der Waals surface area (Å²) >= 11 is 0. The van der Waals surface area contributed by atoms with Crippen LogP contribution in [0.1, 0.15) is 28.9 Å². The third-order valence-corrected chi connectivity index (χ3v) is 3.12. The molecule has 1 aromatic heterocycles. The topological polar surface area (TPSA) is 34.9 Å². The van der Waals surface area contributed by atoms with Crippen molar-refractivity contribution >= 4 is 5.78 Å². The van der Waals surface area contributed by atoms with Crippen LogP contribution in [-0.2, 0) is 6.42 Å². The van der Waals surface area contributed by atoms with Crippen LogP contribution < -0.4 is 0 Å². The van der Waals surface area contributed by atoms with E-state index in [0.717, 1.165) is 18.2 Å². The summed E-state index contributed by atoms with van der Waals surface area (Å²) < 4.78 is 28.2. The molecule has 1 aliphatic rings. The number of hydrogen-bond acceptors (Lipinski definition) is 2. The number of carbonyl (C=O) groups is 1. The maximum Gasteiger partial charge on any atom is 0.166 e. The van der Waals surface area contributed by atoms with Crippen LogP contribution in [0.5, 0.6) is 0 Å². The minimum Gasteiger partial charge on any atom is -0.294 e. The molecule has 0 spiro atoms. The monoisotopic (exact) mass is 248 g/mol. The molecule has 0 aliphatic heterocycles. The van der Waals surface area contributed by atoms with Gasteiger partial charge in [-0.25, -0.2) is 13.5 Å². The average Bonchev–Trinajstić information content (AvgIpc) is 2.77. The van der Waals surface area contributed by atoms with Crippen molar-refractivity contribution in [2.75, 3.05) is 0 Å². The van der Waals surface area contributed by atoms with Gasteiger partial charge in [-0.1, -0.05) is 0 Å². The predicted octanol–water partition coefficient (Wildman–Crippen LogP) is 2.67. The first-order chi connectivity index (χ1) is 8.66. The molecule has 1 aromatic carbocycles. The molecule has 18 heavy (non-hydrogen) atoms. The minimum atomic E-state index is -0.555. The molecule has 5 heteroatoms. The van der Waals surface area contributed by atoms with E-state index in [1.807, 2.05) is 0 Å². The van der Waals surface area contributed by atoms with Crippen LogP contribution in [0, 0.1) is 11.6 Å². The Morgan fingerprint density at radius 2 is 2.06 bits per heavy atom. The molecule has 0 fully saturated rings. The number of ketones is 1. The number of rotatable bonds is 1. The van der Waals surface area contributed by atoms with E-state index in [1.165, 1.54) is 10.9 Å². The SMILES string of the molecule is O=C1CCCc2c1cnn2-c1cc(F)ccc1F. The molecule has 1 heterocycles. The van der Waals surface area contributed by atoms with Gasteiger partial charge in [-0.3, -0.25) is 4.79 Å². The van der Waals surface area contributed by atoms with Crippen LogP contribution in [0.25, 0.3) is 5.69 Å². The number of aromatic nitrogens is 2. The lowest BCUT2D eigenvalue weighted by atomic mass is 9.97. The molecular weight excluding hydrogens is 238 g/mol. The van der Waals surface area contributed by atoms with E-state index in [9.17, 15) is 13.6 Å². The molecular formula is C13H10F2N2O. The van der Waals surface area contributed by atoms with Gasteiger partial charge in [0.2, 0.25) is 0 Å². The van der Waals surface area contributed by atoms with E-state index in [-0.39, 0.29) is 11.5 Å². The van der Waals surface area contributed by atoms with Crippen LogP contribution in [-0.4, -0.2) is 15.6 Å². The quantitative estimate of drug-likeness (QED) is 0.777. The number of carbonyl (C=O) groups excluding carboxylic acids is 1. The van der Waals surface area contributed by atoms with Crippen LogP contribution >= 0.6 is 0 Å². The molecule has 1 aliphatic carbocycles. The highest BCUT2D eigenvalue weighted by molar-refractivity contribution is 5.98. The van der Waals surface area contributed by atoms with Crippen molar-refractivity contribution in [3.05, 3.63) is 47.3 Å². The third-order valence-electron chi connectivity index (χ3n) is 3.12. The second kappa shape index (κ2) is 4.01. The summed E-state index contributed by atoms with van der Waals surface area (Å²) in [6.07, 6.45) is 3.29. The molecule has 0 bridgehead atoms. The lowest BCUT2D eigenvalue weighted by Gasteiger charge is -2.13. The van der Waals surface area contributed by atoms with Gasteiger partial charge in [-0.05, 0) is 25.0 Å². The molecule has 0 saturated carbocycles. The average molecular weight is 248 g/mol. The second-order valence-electron chi connectivity index (χ2n) is 4.29. The van der Waals surface area contributed by atoms with Crippen molar-refractivity contribution in [3.63, 3.8) is 0 Å². The number of hydrogen-bond donors (Lipinski definition) is 0. The molecule has 92 valence electrons. The van der Waals surface area contributed by atoms with Gasteiger partial charge in [-0.15, -0.1) is 0 Å². The first kappa shape index (κ1) is 11.1. The molecule has 3 rings (SSSR count). The Hall–Kier alpha value is -2.04. The standard InChI is InChI=1S/C13H10F2N2O/c14-8-4-5-10(15)12(6-8)17-11-2-1-3-13(18)9(11)7-16-17/h4-7H,1-3H2. The van der Waals surface area contributed by atoms with Crippen LogP contribution in [0.4, 0.5) is 8.78 Å². The summed E-state index contributed by atoms with van der Waals surface area (Å²) in [5.74, 6) is -1.07. The highest BCUT2D eigenvalue weighted by atomic mass is 19.1. The van der Waals surface area contributed by atoms with Gasteiger partial charge in [0.25, 0.3) is 0 Å². The summed E-state index contributed by atoms with van der Waals surface area (Å²) in [4.78, 5) is 11.7. The van der Waals surface area contributed by atoms with E-state index in [1.54, 1.807) is 0 Å². The number of halogens is 2. The van der Waals surface area contributed by atoms with E-state index < -0.39 is 11.6 Å². The molecule has 3 nitrogen and oxygen atoms in total. The summed E-state index contributed by atoms with van der Waals surface area (Å²) in [7, 11) is 0. The highest BCUT2D eigenvalue weighted by Crippen LogP contribution is 2.25. The van der Waals surface area contributed by atoms with Gasteiger partial charge in [0.15, 0.2) is 5.78 Å². The molecule has 2 aromatic rings. The highest BCUT2D eigenvalue weighted by Gasteiger charge is 2.23. The number of Topliss-reactive ketones (excluding diaryl/α,β-unsaturated/α-hetero) is 1. The Kier molecular flexibility index (Phi) is 2.47. The van der Waals surface area contributed by atoms with Gasteiger partial charge >= 0.3 is 0 Å². The zero-order chi connectivity index (χ0) is 12.7. The van der Waals surface area contributed by atoms with Gasteiger partial charge < -0.3 is 0 Å². The summed E-state index contributed by atoms with van der Waals surface area (Å²) in [5, 5.41) is 4.01. The zero-order valence-electron chi connectivity index (χ0n) is 9.49. The number of fused-ring (bicyclic) bond motifs is 1. The fraction of sp³-hybridized carbons (Fsp3) is 0.231. The van der Waals surface area contributed by atoms with E-state index in [2.05, 4.69) is 5.10 Å². The number of nitrogens with zero attached hydrogens (tertiary/aromatic N) is 2. The molecule has 0 radical (unpaired) electrons. The van der Waals surface area contributed by atoms with Crippen molar-refractivity contribution in [1.82, 2.24) is 9.78 Å². The van der Waals surface area contributed by atoms with Gasteiger partial charge in [0.05, 0.1) is 17.5 Å². The van der Waals surface area contributed by atoms with Crippen molar-refractivity contribution in [1.29, 1.82) is 0 Å². The summed E-state index contributed by atoms with van der Waals surface area (Å²) in [6, 6.07) is 3.20. The lowest BCUT2D eigenvalue weighted by Crippen LogP contribution is -2.13. The molecule has 0 atom stereocenters. The van der Waals surface area contributed by atoms with E-state index in [0.29, 0.717) is 30.5 Å². The van der Waals surface area contributed by atoms with Crippen LogP contribution in [0.15, 0.2) is 24.4 Å². The Bertz CT molecular complexity index is 634. The smallest absolute Gasteiger partial charge is 0.166 e. The van der Waals surface area contributed by atoms with E-state index in [4.69, 9.17) is 0 Å². The Morgan fingerprint density at radius 3 is 2.89 bits per heavy atom. The van der Waals surface area contributed by atoms with E-state index >= 15 is 0 Å². The number of benzene rings is 1. The first-order valence-corrected chi connectivity index (χ1v) is 5.72. The fourth-order valence-electron chi connectivity index (χ4n) is 2.25. The van der Waals surface area contributed by atoms with Gasteiger partial charge in [0.1, 0.15) is 17.3 Å². The largest absolute Gasteiger partial charge is 0.294 e. The van der Waals surface area contributed by atoms with Gasteiger partial charge in [0, 0.05) is 12.5 Å². The van der Waals surface area contributed by atoms with Crippen molar-refractivity contribution in [3.8, 4) is 5.69 Å². The lowest BCUT2D eigenvalue weighted by molar-refractivity contribution is 0.0972. The third kappa shape index (κ3) is 1.63. The Labute approximate surface area is 102 Å². The molecule has 0 N–H and O–H groups in total. The van der Waals surface area contributed by atoms with Crippen LogP contribution in [0.3, 0.4) is 0 Å². The summed E-state index contributed by atoms with van der Waals surface area (Å²) in [5.41, 5.74) is 1.23. The normalized spacial score (nSPS) is 14.7. The van der Waals surface area contributed by atoms with Gasteiger partial charge in [-0.2, -0.15) is 5.10 Å². The zero-order valence-corrected chi connectivity index (χ0v) is 9.49. The minimum absolute atomic E-state index is 0.0133. The van der Waals surface area contributed by atoms with Crippen molar-refractivity contribution in [2.45, 2.75) is 19.3 Å². The molecule has 0 saturated heterocycles. The maximum absolute atomic E-state index is 13.7. The second-order valence-corrected chi connectivity index (χ2v) is 4.29. The Morgan fingerprint density at radius 1 is 1.22 bits per heavy atom. The Balaban J connectivity index is 2.18. The fourth-order valence-corrected chi connectivity index (χ4v) is 2.25. The first-order valence-electron chi connectivity index (χ1n) is 5.72. The van der Waals surface area contributed by atoms with Crippen molar-refractivity contribution in [2.24, 2.45) is 0 Å². The molecule has 0 unspecified atom stereocenters.